The van der Waals surface area contributed by atoms with E-state index in [9.17, 15) is 4.79 Å². The molecule has 1 aromatic carbocycles. The molecule has 2 unspecified atom stereocenters. The number of piperidine rings is 1. The lowest BCUT2D eigenvalue weighted by Crippen LogP contribution is -2.48. The van der Waals surface area contributed by atoms with E-state index in [0.717, 1.165) is 6.42 Å². The molecule has 2 rings (SSSR count). The minimum Gasteiger partial charge on any atom is -0.490 e. The molecule has 5 heteroatoms. The van der Waals surface area contributed by atoms with Crippen molar-refractivity contribution in [2.75, 3.05) is 26.3 Å². The summed E-state index contributed by atoms with van der Waals surface area (Å²) in [6.07, 6.45) is 0.849. The number of rotatable bonds is 5. The average Bonchev–Trinajstić information content (AvgIpc) is 2.51. The Bertz CT molecular complexity index is 519. The zero-order valence-corrected chi connectivity index (χ0v) is 13.7. The summed E-state index contributed by atoms with van der Waals surface area (Å²) in [5.74, 6) is 1.65. The number of amides is 1. The summed E-state index contributed by atoms with van der Waals surface area (Å²) in [7, 11) is 0. The third-order valence-electron chi connectivity index (χ3n) is 4.05. The standard InChI is InChI=1S/C17H26N2O3/c1-4-21-15-7-6-13(10-16(15)22-5-2)17(20)19-9-8-14(18)12(3)11-19/h6-7,10,12,14H,4-5,8-9,11,18H2,1-3H3. The minimum atomic E-state index is 0.0303. The van der Waals surface area contributed by atoms with E-state index < -0.39 is 0 Å². The Morgan fingerprint density at radius 2 is 1.95 bits per heavy atom. The van der Waals surface area contributed by atoms with Gasteiger partial charge in [0.2, 0.25) is 0 Å². The van der Waals surface area contributed by atoms with Crippen LogP contribution in [0.25, 0.3) is 0 Å². The summed E-state index contributed by atoms with van der Waals surface area (Å²) in [6, 6.07) is 5.56. The Morgan fingerprint density at radius 1 is 1.27 bits per heavy atom. The highest BCUT2D eigenvalue weighted by molar-refractivity contribution is 5.95. The van der Waals surface area contributed by atoms with Crippen molar-refractivity contribution < 1.29 is 14.3 Å². The summed E-state index contributed by atoms with van der Waals surface area (Å²) >= 11 is 0. The van der Waals surface area contributed by atoms with Crippen LogP contribution in [0.1, 0.15) is 37.6 Å². The number of nitrogens with zero attached hydrogens (tertiary/aromatic N) is 1. The van der Waals surface area contributed by atoms with Crippen LogP contribution in [0.5, 0.6) is 11.5 Å². The van der Waals surface area contributed by atoms with Crippen molar-refractivity contribution in [3.8, 4) is 11.5 Å². The number of carbonyl (C=O) groups is 1. The molecule has 0 aliphatic carbocycles. The lowest BCUT2D eigenvalue weighted by Gasteiger charge is -2.35. The topological polar surface area (TPSA) is 64.8 Å². The maximum Gasteiger partial charge on any atom is 0.254 e. The van der Waals surface area contributed by atoms with Crippen LogP contribution in [0.3, 0.4) is 0 Å². The number of ether oxygens (including phenoxy) is 2. The van der Waals surface area contributed by atoms with Crippen LogP contribution in [-0.2, 0) is 0 Å². The number of hydrogen-bond acceptors (Lipinski definition) is 4. The van der Waals surface area contributed by atoms with Crippen LogP contribution in [0.2, 0.25) is 0 Å². The van der Waals surface area contributed by atoms with Gasteiger partial charge in [0.1, 0.15) is 0 Å². The van der Waals surface area contributed by atoms with E-state index >= 15 is 0 Å². The SMILES string of the molecule is CCOc1ccc(C(=O)N2CCC(N)C(C)C2)cc1OCC. The number of likely N-dealkylation sites (tertiary alicyclic amines) is 1. The second-order valence-electron chi connectivity index (χ2n) is 5.71. The third-order valence-corrected chi connectivity index (χ3v) is 4.05. The molecule has 1 saturated heterocycles. The van der Waals surface area contributed by atoms with Crippen LogP contribution < -0.4 is 15.2 Å². The van der Waals surface area contributed by atoms with E-state index in [0.29, 0.717) is 49.3 Å². The van der Waals surface area contributed by atoms with Crippen molar-refractivity contribution in [2.24, 2.45) is 11.7 Å². The van der Waals surface area contributed by atoms with Gasteiger partial charge in [-0.15, -0.1) is 0 Å². The molecule has 122 valence electrons. The molecule has 1 aliphatic heterocycles. The van der Waals surface area contributed by atoms with Gasteiger partial charge in [0.15, 0.2) is 11.5 Å². The van der Waals surface area contributed by atoms with Gasteiger partial charge in [-0.3, -0.25) is 4.79 Å². The van der Waals surface area contributed by atoms with E-state index in [4.69, 9.17) is 15.2 Å². The predicted molar refractivity (Wildman–Crippen MR) is 86.4 cm³/mol. The van der Waals surface area contributed by atoms with Crippen molar-refractivity contribution in [1.82, 2.24) is 4.90 Å². The number of carbonyl (C=O) groups excluding carboxylic acids is 1. The van der Waals surface area contributed by atoms with E-state index in [1.165, 1.54) is 0 Å². The first-order valence-corrected chi connectivity index (χ1v) is 8.01. The Labute approximate surface area is 132 Å². The zero-order valence-electron chi connectivity index (χ0n) is 13.7. The van der Waals surface area contributed by atoms with Gasteiger partial charge in [-0.25, -0.2) is 0 Å². The second kappa shape index (κ2) is 7.49. The molecule has 1 heterocycles. The van der Waals surface area contributed by atoms with Crippen molar-refractivity contribution in [3.63, 3.8) is 0 Å². The van der Waals surface area contributed by atoms with Crippen LogP contribution >= 0.6 is 0 Å². The molecule has 1 aromatic rings. The highest BCUT2D eigenvalue weighted by Crippen LogP contribution is 2.29. The molecule has 2 atom stereocenters. The molecule has 1 aliphatic rings. The Morgan fingerprint density at radius 3 is 2.59 bits per heavy atom. The molecule has 1 fully saturated rings. The fraction of sp³-hybridized carbons (Fsp3) is 0.588. The van der Waals surface area contributed by atoms with E-state index in [2.05, 4.69) is 6.92 Å². The van der Waals surface area contributed by atoms with Gasteiger partial charge in [0, 0.05) is 24.7 Å². The first kappa shape index (κ1) is 16.6. The van der Waals surface area contributed by atoms with Crippen LogP contribution in [0, 0.1) is 5.92 Å². The summed E-state index contributed by atoms with van der Waals surface area (Å²) < 4.78 is 11.1. The molecular weight excluding hydrogens is 280 g/mol. The fourth-order valence-electron chi connectivity index (χ4n) is 2.71. The molecule has 0 aromatic heterocycles. The molecule has 22 heavy (non-hydrogen) atoms. The third kappa shape index (κ3) is 3.71. The molecule has 0 spiro atoms. The summed E-state index contributed by atoms with van der Waals surface area (Å²) in [4.78, 5) is 14.5. The molecule has 0 saturated carbocycles. The van der Waals surface area contributed by atoms with Crippen molar-refractivity contribution in [1.29, 1.82) is 0 Å². The molecule has 2 N–H and O–H groups in total. The molecular formula is C17H26N2O3. The highest BCUT2D eigenvalue weighted by atomic mass is 16.5. The fourth-order valence-corrected chi connectivity index (χ4v) is 2.71. The van der Waals surface area contributed by atoms with Gasteiger partial charge < -0.3 is 20.1 Å². The maximum atomic E-state index is 12.7. The summed E-state index contributed by atoms with van der Waals surface area (Å²) in [5.41, 5.74) is 6.66. The van der Waals surface area contributed by atoms with E-state index in [1.807, 2.05) is 18.7 Å². The first-order valence-electron chi connectivity index (χ1n) is 8.01. The predicted octanol–water partition coefficient (Wildman–Crippen LogP) is 2.29. The normalized spacial score (nSPS) is 21.5. The lowest BCUT2D eigenvalue weighted by atomic mass is 9.94. The largest absolute Gasteiger partial charge is 0.490 e. The lowest BCUT2D eigenvalue weighted by molar-refractivity contribution is 0.0663. The van der Waals surface area contributed by atoms with Gasteiger partial charge in [0.25, 0.3) is 5.91 Å². The molecule has 5 nitrogen and oxygen atoms in total. The second-order valence-corrected chi connectivity index (χ2v) is 5.71. The highest BCUT2D eigenvalue weighted by Gasteiger charge is 2.27. The van der Waals surface area contributed by atoms with Crippen molar-refractivity contribution >= 4 is 5.91 Å². The Kier molecular flexibility index (Phi) is 5.66. The monoisotopic (exact) mass is 306 g/mol. The minimum absolute atomic E-state index is 0.0303. The quantitative estimate of drug-likeness (QED) is 0.906. The van der Waals surface area contributed by atoms with Crippen LogP contribution in [-0.4, -0.2) is 43.2 Å². The van der Waals surface area contributed by atoms with E-state index in [-0.39, 0.29) is 11.9 Å². The summed E-state index contributed by atoms with van der Waals surface area (Å²) in [6.45, 7) is 8.44. The van der Waals surface area contributed by atoms with E-state index in [1.54, 1.807) is 18.2 Å². The molecule has 0 bridgehead atoms. The van der Waals surface area contributed by atoms with Crippen molar-refractivity contribution in [3.05, 3.63) is 23.8 Å². The zero-order chi connectivity index (χ0) is 16.1. The molecule has 1 amide bonds. The van der Waals surface area contributed by atoms with Gasteiger partial charge in [-0.1, -0.05) is 6.92 Å². The number of nitrogens with two attached hydrogens (primary N) is 1. The van der Waals surface area contributed by atoms with Crippen LogP contribution in [0.4, 0.5) is 0 Å². The van der Waals surface area contributed by atoms with Gasteiger partial charge in [-0.2, -0.15) is 0 Å². The number of benzene rings is 1. The number of hydrogen-bond donors (Lipinski definition) is 1. The van der Waals surface area contributed by atoms with Gasteiger partial charge >= 0.3 is 0 Å². The Hall–Kier alpha value is -1.75. The molecule has 0 radical (unpaired) electrons. The van der Waals surface area contributed by atoms with Crippen LogP contribution in [0.15, 0.2) is 18.2 Å². The smallest absolute Gasteiger partial charge is 0.254 e. The first-order chi connectivity index (χ1) is 10.6. The maximum absolute atomic E-state index is 12.7. The van der Waals surface area contributed by atoms with Gasteiger partial charge in [0.05, 0.1) is 13.2 Å². The average molecular weight is 306 g/mol. The summed E-state index contributed by atoms with van der Waals surface area (Å²) in [5, 5.41) is 0. The van der Waals surface area contributed by atoms with Crippen molar-refractivity contribution in [2.45, 2.75) is 33.2 Å². The van der Waals surface area contributed by atoms with Gasteiger partial charge in [-0.05, 0) is 44.4 Å². The Balaban J connectivity index is 2.17.